The Morgan fingerprint density at radius 2 is 1.82 bits per heavy atom. The van der Waals surface area contributed by atoms with Crippen LogP contribution < -0.4 is 5.56 Å². The first kappa shape index (κ1) is 15.8. The molecule has 2 rings (SSSR count). The quantitative estimate of drug-likeness (QED) is 0.890. The molecule has 1 N–H and O–H groups in total. The third kappa shape index (κ3) is 4.74. The monoisotopic (exact) mass is 297 g/mol. The molecule has 1 aromatic heterocycles. The van der Waals surface area contributed by atoms with Crippen LogP contribution in [0.2, 0.25) is 0 Å². The van der Waals surface area contributed by atoms with Crippen LogP contribution >= 0.6 is 0 Å². The van der Waals surface area contributed by atoms with Crippen LogP contribution in [0.25, 0.3) is 12.2 Å². The maximum atomic E-state index is 12.0. The van der Waals surface area contributed by atoms with Gasteiger partial charge in [0.1, 0.15) is 0 Å². The first-order valence-corrected chi connectivity index (χ1v) is 7.21. The fraction of sp³-hybridized carbons (Fsp3) is 0.222. The van der Waals surface area contributed by atoms with Crippen molar-refractivity contribution in [3.8, 4) is 0 Å². The van der Waals surface area contributed by atoms with Crippen molar-refractivity contribution in [2.24, 2.45) is 0 Å². The van der Waals surface area contributed by atoms with E-state index in [4.69, 9.17) is 5.11 Å². The number of aromatic nitrogens is 1. The second-order valence-electron chi connectivity index (χ2n) is 5.23. The standard InChI is InChI=1S/C18H19NO3/c1-14-4-6-15(7-5-14)8-9-16-10-12-19(17(20)13-16)11-2-3-18(21)22/h4-10,12-13H,2-3,11H2,1H3,(H,21,22)/b9-8+. The van der Waals surface area contributed by atoms with Crippen LogP contribution in [0.5, 0.6) is 0 Å². The van der Waals surface area contributed by atoms with Crippen LogP contribution in [0.4, 0.5) is 0 Å². The average Bonchev–Trinajstić information content (AvgIpc) is 2.48. The molecule has 0 amide bonds. The van der Waals surface area contributed by atoms with Gasteiger partial charge in [-0.1, -0.05) is 42.0 Å². The van der Waals surface area contributed by atoms with Gasteiger partial charge >= 0.3 is 5.97 Å². The Hall–Kier alpha value is -2.62. The minimum atomic E-state index is -0.842. The van der Waals surface area contributed by atoms with Crippen molar-refractivity contribution in [1.82, 2.24) is 4.57 Å². The van der Waals surface area contributed by atoms with Crippen LogP contribution in [-0.4, -0.2) is 15.6 Å². The summed E-state index contributed by atoms with van der Waals surface area (Å²) in [6, 6.07) is 11.6. The lowest BCUT2D eigenvalue weighted by molar-refractivity contribution is -0.137. The minimum absolute atomic E-state index is 0.0710. The summed E-state index contributed by atoms with van der Waals surface area (Å²) < 4.78 is 1.53. The molecule has 114 valence electrons. The summed E-state index contributed by atoms with van der Waals surface area (Å²) in [4.78, 5) is 22.4. The summed E-state index contributed by atoms with van der Waals surface area (Å²) in [7, 11) is 0. The third-order valence-corrected chi connectivity index (χ3v) is 3.36. The predicted molar refractivity (Wildman–Crippen MR) is 87.7 cm³/mol. The number of hydrogen-bond donors (Lipinski definition) is 1. The zero-order valence-corrected chi connectivity index (χ0v) is 12.5. The fourth-order valence-corrected chi connectivity index (χ4v) is 2.08. The van der Waals surface area contributed by atoms with E-state index in [9.17, 15) is 9.59 Å². The van der Waals surface area contributed by atoms with E-state index in [1.807, 2.05) is 49.4 Å². The van der Waals surface area contributed by atoms with E-state index < -0.39 is 5.97 Å². The zero-order chi connectivity index (χ0) is 15.9. The Labute approximate surface area is 129 Å². The van der Waals surface area contributed by atoms with Gasteiger partial charge in [-0.25, -0.2) is 0 Å². The van der Waals surface area contributed by atoms with Gasteiger partial charge in [0.2, 0.25) is 0 Å². The van der Waals surface area contributed by atoms with E-state index in [1.165, 1.54) is 10.1 Å². The van der Waals surface area contributed by atoms with Crippen molar-refractivity contribution >= 4 is 18.1 Å². The fourth-order valence-electron chi connectivity index (χ4n) is 2.08. The van der Waals surface area contributed by atoms with Crippen molar-refractivity contribution in [3.05, 3.63) is 69.6 Å². The van der Waals surface area contributed by atoms with Crippen molar-refractivity contribution in [3.63, 3.8) is 0 Å². The molecule has 0 radical (unpaired) electrons. The number of aryl methyl sites for hydroxylation is 2. The number of aliphatic carboxylic acids is 1. The predicted octanol–water partition coefficient (Wildman–Crippen LogP) is 3.19. The molecule has 0 unspecified atom stereocenters. The first-order chi connectivity index (χ1) is 10.5. The smallest absolute Gasteiger partial charge is 0.303 e. The average molecular weight is 297 g/mol. The van der Waals surface area contributed by atoms with Crippen LogP contribution in [0.15, 0.2) is 47.4 Å². The zero-order valence-electron chi connectivity index (χ0n) is 12.5. The van der Waals surface area contributed by atoms with Crippen molar-refractivity contribution in [2.45, 2.75) is 26.3 Å². The van der Waals surface area contributed by atoms with Crippen molar-refractivity contribution in [1.29, 1.82) is 0 Å². The normalized spacial score (nSPS) is 11.0. The molecule has 2 aromatic rings. The van der Waals surface area contributed by atoms with Gasteiger partial charge < -0.3 is 9.67 Å². The molecular formula is C18H19NO3. The lowest BCUT2D eigenvalue weighted by atomic mass is 10.1. The number of carboxylic acids is 1. The Morgan fingerprint density at radius 1 is 1.14 bits per heavy atom. The number of carboxylic acid groups (broad SMARTS) is 1. The largest absolute Gasteiger partial charge is 0.481 e. The summed E-state index contributed by atoms with van der Waals surface area (Å²) in [6.45, 7) is 2.46. The maximum absolute atomic E-state index is 12.0. The van der Waals surface area contributed by atoms with Gasteiger partial charge in [0.25, 0.3) is 5.56 Å². The Morgan fingerprint density at radius 3 is 2.45 bits per heavy atom. The number of hydrogen-bond acceptors (Lipinski definition) is 2. The lowest BCUT2D eigenvalue weighted by Crippen LogP contribution is -2.19. The van der Waals surface area contributed by atoms with E-state index >= 15 is 0 Å². The van der Waals surface area contributed by atoms with Gasteiger partial charge in [-0.15, -0.1) is 0 Å². The molecule has 4 nitrogen and oxygen atoms in total. The topological polar surface area (TPSA) is 59.3 Å². The van der Waals surface area contributed by atoms with E-state index in [0.717, 1.165) is 11.1 Å². The summed E-state index contributed by atoms with van der Waals surface area (Å²) in [6.07, 6.45) is 6.09. The Balaban J connectivity index is 2.04. The molecule has 0 atom stereocenters. The van der Waals surface area contributed by atoms with Crippen LogP contribution in [0, 0.1) is 6.92 Å². The van der Waals surface area contributed by atoms with E-state index in [0.29, 0.717) is 13.0 Å². The Kier molecular flexibility index (Phi) is 5.31. The maximum Gasteiger partial charge on any atom is 0.303 e. The highest BCUT2D eigenvalue weighted by Crippen LogP contribution is 2.08. The highest BCUT2D eigenvalue weighted by molar-refractivity contribution is 5.69. The number of carbonyl (C=O) groups is 1. The van der Waals surface area contributed by atoms with Crippen LogP contribution in [-0.2, 0) is 11.3 Å². The molecule has 0 aliphatic carbocycles. The van der Waals surface area contributed by atoms with E-state index in [-0.39, 0.29) is 12.0 Å². The number of rotatable bonds is 6. The lowest BCUT2D eigenvalue weighted by Gasteiger charge is -2.04. The van der Waals surface area contributed by atoms with Crippen molar-refractivity contribution in [2.75, 3.05) is 0 Å². The highest BCUT2D eigenvalue weighted by atomic mass is 16.4. The molecule has 1 heterocycles. The molecule has 0 bridgehead atoms. The Bertz CT molecular complexity index is 727. The number of nitrogens with zero attached hydrogens (tertiary/aromatic N) is 1. The molecule has 22 heavy (non-hydrogen) atoms. The molecule has 0 saturated carbocycles. The van der Waals surface area contributed by atoms with Gasteiger partial charge in [-0.3, -0.25) is 9.59 Å². The molecule has 0 spiro atoms. The van der Waals surface area contributed by atoms with Gasteiger partial charge in [-0.05, 0) is 30.5 Å². The molecule has 0 saturated heterocycles. The molecule has 0 aliphatic rings. The summed E-state index contributed by atoms with van der Waals surface area (Å²) in [5.74, 6) is -0.842. The van der Waals surface area contributed by atoms with Gasteiger partial charge in [-0.2, -0.15) is 0 Å². The second kappa shape index (κ2) is 7.41. The van der Waals surface area contributed by atoms with Crippen molar-refractivity contribution < 1.29 is 9.90 Å². The van der Waals surface area contributed by atoms with E-state index in [2.05, 4.69) is 0 Å². The number of benzene rings is 1. The minimum Gasteiger partial charge on any atom is -0.481 e. The first-order valence-electron chi connectivity index (χ1n) is 7.21. The van der Waals surface area contributed by atoms with Crippen LogP contribution in [0.1, 0.15) is 29.5 Å². The second-order valence-corrected chi connectivity index (χ2v) is 5.23. The van der Waals surface area contributed by atoms with Gasteiger partial charge in [0.05, 0.1) is 0 Å². The molecule has 4 heteroatoms. The van der Waals surface area contributed by atoms with E-state index in [1.54, 1.807) is 12.3 Å². The van der Waals surface area contributed by atoms with Gasteiger partial charge in [0.15, 0.2) is 0 Å². The summed E-state index contributed by atoms with van der Waals surface area (Å²) in [5, 5.41) is 8.60. The molecule has 1 aromatic carbocycles. The van der Waals surface area contributed by atoms with Gasteiger partial charge in [0, 0.05) is 25.2 Å². The summed E-state index contributed by atoms with van der Waals surface area (Å²) >= 11 is 0. The van der Waals surface area contributed by atoms with Crippen LogP contribution in [0.3, 0.4) is 0 Å². The highest BCUT2D eigenvalue weighted by Gasteiger charge is 2.00. The molecular weight excluding hydrogens is 278 g/mol. The number of pyridine rings is 1. The molecule has 0 fully saturated rings. The SMILES string of the molecule is Cc1ccc(/C=C/c2ccn(CCCC(=O)O)c(=O)c2)cc1. The summed E-state index contributed by atoms with van der Waals surface area (Å²) in [5.41, 5.74) is 3.01. The third-order valence-electron chi connectivity index (χ3n) is 3.36. The molecule has 0 aliphatic heterocycles.